The second-order valence-corrected chi connectivity index (χ2v) is 3.27. The SMILES string of the molecule is CCO/C(O)=c1\cc(C#N)c(=C(C#N)C#N)nc1N. The third-order valence-electron chi connectivity index (χ3n) is 2.14. The zero-order valence-electron chi connectivity index (χ0n) is 10.0. The van der Waals surface area contributed by atoms with Crippen molar-refractivity contribution in [1.82, 2.24) is 4.98 Å². The molecule has 0 aliphatic carbocycles. The van der Waals surface area contributed by atoms with Gasteiger partial charge in [0.1, 0.15) is 29.4 Å². The van der Waals surface area contributed by atoms with E-state index in [-0.39, 0.29) is 34.1 Å². The summed E-state index contributed by atoms with van der Waals surface area (Å²) in [7, 11) is 0. The Morgan fingerprint density at radius 2 is 2.05 bits per heavy atom. The maximum Gasteiger partial charge on any atom is 0.288 e. The summed E-state index contributed by atoms with van der Waals surface area (Å²) in [6, 6.07) is 6.27. The van der Waals surface area contributed by atoms with E-state index in [1.54, 1.807) is 25.1 Å². The van der Waals surface area contributed by atoms with Crippen molar-refractivity contribution in [2.75, 3.05) is 12.3 Å². The molecular formula is C12H9N5O2. The van der Waals surface area contributed by atoms with Crippen molar-refractivity contribution in [3.63, 3.8) is 0 Å². The summed E-state index contributed by atoms with van der Waals surface area (Å²) in [4.78, 5) is 3.80. The lowest BCUT2D eigenvalue weighted by Crippen LogP contribution is -2.26. The van der Waals surface area contributed by atoms with Crippen LogP contribution in [-0.2, 0) is 4.74 Å². The van der Waals surface area contributed by atoms with Crippen molar-refractivity contribution in [2.45, 2.75) is 6.92 Å². The lowest BCUT2D eigenvalue weighted by atomic mass is 10.1. The van der Waals surface area contributed by atoms with Gasteiger partial charge in [0, 0.05) is 0 Å². The van der Waals surface area contributed by atoms with Crippen molar-refractivity contribution in [3.05, 3.63) is 22.2 Å². The summed E-state index contributed by atoms with van der Waals surface area (Å²) in [6.45, 7) is 1.87. The van der Waals surface area contributed by atoms with Crippen LogP contribution in [-0.4, -0.2) is 16.7 Å². The topological polar surface area (TPSA) is 140 Å². The van der Waals surface area contributed by atoms with Gasteiger partial charge in [-0.05, 0) is 13.0 Å². The van der Waals surface area contributed by atoms with Gasteiger partial charge in [-0.1, -0.05) is 0 Å². The zero-order chi connectivity index (χ0) is 14.4. The third-order valence-corrected chi connectivity index (χ3v) is 2.14. The van der Waals surface area contributed by atoms with E-state index in [0.717, 1.165) is 0 Å². The number of pyridine rings is 1. The van der Waals surface area contributed by atoms with Gasteiger partial charge in [0.05, 0.1) is 17.4 Å². The quantitative estimate of drug-likeness (QED) is 0.718. The monoisotopic (exact) mass is 255 g/mol. The molecule has 1 rings (SSSR count). The van der Waals surface area contributed by atoms with Gasteiger partial charge in [-0.2, -0.15) is 15.8 Å². The molecule has 0 atom stereocenters. The number of anilines is 1. The van der Waals surface area contributed by atoms with Gasteiger partial charge in [-0.15, -0.1) is 0 Å². The van der Waals surface area contributed by atoms with Crippen molar-refractivity contribution >= 4 is 17.3 Å². The van der Waals surface area contributed by atoms with Crippen LogP contribution in [0.5, 0.6) is 0 Å². The van der Waals surface area contributed by atoms with E-state index in [1.807, 2.05) is 0 Å². The van der Waals surface area contributed by atoms with Crippen LogP contribution < -0.4 is 16.3 Å². The maximum atomic E-state index is 9.59. The predicted octanol–water partition coefficient (Wildman–Crippen LogP) is -0.606. The second kappa shape index (κ2) is 5.90. The van der Waals surface area contributed by atoms with Crippen LogP contribution in [0.2, 0.25) is 0 Å². The van der Waals surface area contributed by atoms with E-state index in [9.17, 15) is 5.11 Å². The Labute approximate surface area is 108 Å². The van der Waals surface area contributed by atoms with E-state index in [4.69, 9.17) is 26.3 Å². The number of aromatic nitrogens is 1. The zero-order valence-corrected chi connectivity index (χ0v) is 10.0. The molecule has 1 aromatic heterocycles. The van der Waals surface area contributed by atoms with E-state index >= 15 is 0 Å². The fraction of sp³-hybridized carbons (Fsp3) is 0.167. The molecule has 94 valence electrons. The van der Waals surface area contributed by atoms with Crippen LogP contribution >= 0.6 is 0 Å². The molecule has 0 saturated heterocycles. The molecule has 0 saturated carbocycles. The highest BCUT2D eigenvalue weighted by Gasteiger charge is 2.08. The first kappa shape index (κ1) is 13.8. The van der Waals surface area contributed by atoms with Crippen LogP contribution in [0.3, 0.4) is 0 Å². The fourth-order valence-electron chi connectivity index (χ4n) is 1.32. The van der Waals surface area contributed by atoms with Crippen molar-refractivity contribution < 1.29 is 9.84 Å². The molecule has 0 amide bonds. The Balaban J connectivity index is 3.84. The van der Waals surface area contributed by atoms with Crippen molar-refractivity contribution in [2.24, 2.45) is 0 Å². The standard InChI is InChI=1S/C12H9N5O2/c1-2-19-12(18)9-3-7(4-13)10(17-11(9)16)8(5-14)6-15/h3,18H,2H2,1H3,(H2,16,17)/b12-9+. The highest BCUT2D eigenvalue weighted by molar-refractivity contribution is 5.73. The third kappa shape index (κ3) is 2.71. The van der Waals surface area contributed by atoms with E-state index in [2.05, 4.69) is 4.98 Å². The summed E-state index contributed by atoms with van der Waals surface area (Å²) < 4.78 is 4.87. The number of nitrogens with zero attached hydrogens (tertiary/aromatic N) is 4. The Morgan fingerprint density at radius 3 is 2.53 bits per heavy atom. The molecule has 19 heavy (non-hydrogen) atoms. The van der Waals surface area contributed by atoms with Gasteiger partial charge < -0.3 is 15.6 Å². The number of hydrogen-bond donors (Lipinski definition) is 2. The smallest absolute Gasteiger partial charge is 0.288 e. The first-order valence-corrected chi connectivity index (χ1v) is 5.16. The van der Waals surface area contributed by atoms with E-state index < -0.39 is 5.95 Å². The van der Waals surface area contributed by atoms with E-state index in [0.29, 0.717) is 0 Å². The van der Waals surface area contributed by atoms with Crippen molar-refractivity contribution in [1.29, 1.82) is 15.8 Å². The van der Waals surface area contributed by atoms with Crippen LogP contribution in [0.15, 0.2) is 6.07 Å². The number of aliphatic hydroxyl groups excluding tert-OH is 1. The highest BCUT2D eigenvalue weighted by Crippen LogP contribution is 1.96. The number of ether oxygens (including phenoxy) is 1. The minimum absolute atomic E-state index is 0.0392. The summed E-state index contributed by atoms with van der Waals surface area (Å²) in [5.41, 5.74) is 5.23. The molecule has 0 spiro atoms. The molecule has 7 heteroatoms. The average molecular weight is 255 g/mol. The maximum absolute atomic E-state index is 9.59. The number of nitrogens with two attached hydrogens (primary N) is 1. The lowest BCUT2D eigenvalue weighted by Gasteiger charge is -2.03. The van der Waals surface area contributed by atoms with Gasteiger partial charge in [0.25, 0.3) is 5.95 Å². The summed E-state index contributed by atoms with van der Waals surface area (Å²) in [6.07, 6.45) is 0. The van der Waals surface area contributed by atoms with Gasteiger partial charge in [-0.25, -0.2) is 4.98 Å². The fourth-order valence-corrected chi connectivity index (χ4v) is 1.32. The predicted molar refractivity (Wildman–Crippen MR) is 64.9 cm³/mol. The Morgan fingerprint density at radius 1 is 1.42 bits per heavy atom. The van der Waals surface area contributed by atoms with Crippen LogP contribution in [0, 0.1) is 34.0 Å². The molecule has 0 radical (unpaired) electrons. The van der Waals surface area contributed by atoms with Gasteiger partial charge in [0.2, 0.25) is 0 Å². The number of nitriles is 3. The molecule has 3 N–H and O–H groups in total. The molecule has 7 nitrogen and oxygen atoms in total. The minimum Gasteiger partial charge on any atom is -0.480 e. The Kier molecular flexibility index (Phi) is 4.29. The summed E-state index contributed by atoms with van der Waals surface area (Å²) in [5.74, 6) is -0.603. The minimum atomic E-state index is -0.467. The first-order valence-electron chi connectivity index (χ1n) is 5.16. The summed E-state index contributed by atoms with van der Waals surface area (Å²) in [5, 5.41) is 36.1. The van der Waals surface area contributed by atoms with Crippen LogP contribution in [0.4, 0.5) is 5.82 Å². The first-order chi connectivity index (χ1) is 9.08. The molecule has 0 aromatic carbocycles. The molecule has 1 aromatic rings. The van der Waals surface area contributed by atoms with Gasteiger partial charge in [-0.3, -0.25) is 0 Å². The molecule has 1 heterocycles. The summed E-state index contributed by atoms with van der Waals surface area (Å²) >= 11 is 0. The molecule has 0 aliphatic rings. The molecular weight excluding hydrogens is 246 g/mol. The lowest BCUT2D eigenvalue weighted by molar-refractivity contribution is 0.190. The Hall–Kier alpha value is -3.24. The number of rotatable bonds is 2. The number of hydrogen-bond acceptors (Lipinski definition) is 7. The van der Waals surface area contributed by atoms with Crippen LogP contribution in [0.25, 0.3) is 11.5 Å². The molecule has 0 fully saturated rings. The molecule has 0 aliphatic heterocycles. The highest BCUT2D eigenvalue weighted by atomic mass is 16.6. The van der Waals surface area contributed by atoms with Gasteiger partial charge in [0.15, 0.2) is 5.57 Å². The normalized spacial score (nSPS) is 10.6. The second-order valence-electron chi connectivity index (χ2n) is 3.27. The Bertz CT molecular complexity index is 731. The molecule has 0 unspecified atom stereocenters. The number of aliphatic hydroxyl groups is 1. The molecule has 0 bridgehead atoms. The van der Waals surface area contributed by atoms with Crippen LogP contribution in [0.1, 0.15) is 12.5 Å². The van der Waals surface area contributed by atoms with Crippen molar-refractivity contribution in [3.8, 4) is 18.2 Å². The van der Waals surface area contributed by atoms with E-state index in [1.165, 1.54) is 6.07 Å². The average Bonchev–Trinajstić information content (AvgIpc) is 2.40. The number of nitrogen functional groups attached to an aromatic ring is 1. The largest absolute Gasteiger partial charge is 0.480 e. The van der Waals surface area contributed by atoms with Gasteiger partial charge >= 0.3 is 0 Å².